The maximum Gasteiger partial charge on any atom is 0.441 e. The fourth-order valence-corrected chi connectivity index (χ4v) is 2.59. The van der Waals surface area contributed by atoms with E-state index in [9.17, 15) is 13.2 Å². The summed E-state index contributed by atoms with van der Waals surface area (Å²) in [5.74, 6) is 5.84. The highest BCUT2D eigenvalue weighted by molar-refractivity contribution is 8.00. The predicted octanol–water partition coefficient (Wildman–Crippen LogP) is 2.64. The van der Waals surface area contributed by atoms with Crippen LogP contribution in [0.1, 0.15) is 0 Å². The highest BCUT2D eigenvalue weighted by Gasteiger charge is 2.27. The average Bonchev–Trinajstić information content (AvgIpc) is 2.81. The Hall–Kier alpha value is -1.26. The molecule has 0 aliphatic carbocycles. The third-order valence-electron chi connectivity index (χ3n) is 2.11. The summed E-state index contributed by atoms with van der Waals surface area (Å²) in [6.45, 7) is 0.149. The van der Waals surface area contributed by atoms with Gasteiger partial charge in [0.1, 0.15) is 10.6 Å². The van der Waals surface area contributed by atoms with Gasteiger partial charge in [0.25, 0.3) is 0 Å². The summed E-state index contributed by atoms with van der Waals surface area (Å²) in [5, 5.41) is 5.45. The first-order valence-corrected chi connectivity index (χ1v) is 7.02. The van der Waals surface area contributed by atoms with Crippen molar-refractivity contribution < 1.29 is 13.2 Å². The first kappa shape index (κ1) is 14.2. The molecule has 0 fully saturated rings. The Bertz CT molecular complexity index is 556. The van der Waals surface area contributed by atoms with Gasteiger partial charge in [-0.15, -0.1) is 11.3 Å². The molecule has 0 atom stereocenters. The van der Waals surface area contributed by atoms with Crippen LogP contribution in [0.2, 0.25) is 0 Å². The number of halogens is 3. The van der Waals surface area contributed by atoms with E-state index >= 15 is 0 Å². The largest absolute Gasteiger partial charge is 0.441 e. The van der Waals surface area contributed by atoms with E-state index in [0.29, 0.717) is 10.6 Å². The molecule has 10 heteroatoms. The zero-order chi connectivity index (χ0) is 13.9. The highest BCUT2D eigenvalue weighted by atomic mass is 32.2. The lowest BCUT2D eigenvalue weighted by molar-refractivity contribution is -0.0327. The van der Waals surface area contributed by atoms with Crippen molar-refractivity contribution in [2.24, 2.45) is 5.84 Å². The SMILES string of the molecule is NNc1nc(NCCSC(F)(F)F)c2ccsc2n1. The molecule has 0 aliphatic heterocycles. The molecule has 0 unspecified atom stereocenters. The summed E-state index contributed by atoms with van der Waals surface area (Å²) in [6, 6.07) is 1.81. The number of nitrogens with zero attached hydrogens (tertiary/aromatic N) is 2. The number of nitrogens with one attached hydrogen (secondary N) is 2. The van der Waals surface area contributed by atoms with Crippen molar-refractivity contribution in [2.75, 3.05) is 23.0 Å². The summed E-state index contributed by atoms with van der Waals surface area (Å²) in [5.41, 5.74) is -1.89. The van der Waals surface area contributed by atoms with E-state index in [0.717, 1.165) is 5.39 Å². The fourth-order valence-electron chi connectivity index (χ4n) is 1.39. The fraction of sp³-hybridized carbons (Fsp3) is 0.333. The van der Waals surface area contributed by atoms with E-state index < -0.39 is 5.51 Å². The molecular formula is C9H10F3N5S2. The molecule has 0 saturated heterocycles. The molecule has 0 bridgehead atoms. The lowest BCUT2D eigenvalue weighted by atomic mass is 10.4. The van der Waals surface area contributed by atoms with E-state index in [2.05, 4.69) is 20.7 Å². The second-order valence-corrected chi connectivity index (χ2v) is 5.45. The monoisotopic (exact) mass is 309 g/mol. The van der Waals surface area contributed by atoms with Crippen molar-refractivity contribution in [3.05, 3.63) is 11.4 Å². The van der Waals surface area contributed by atoms with Crippen LogP contribution in [0.4, 0.5) is 24.9 Å². The number of rotatable bonds is 5. The van der Waals surface area contributed by atoms with E-state index in [4.69, 9.17) is 5.84 Å². The number of aromatic nitrogens is 2. The molecule has 0 saturated carbocycles. The van der Waals surface area contributed by atoms with E-state index in [1.807, 2.05) is 5.38 Å². The molecule has 0 aromatic carbocycles. The van der Waals surface area contributed by atoms with Crippen LogP contribution in [0.5, 0.6) is 0 Å². The minimum atomic E-state index is -4.21. The third kappa shape index (κ3) is 3.85. The molecule has 2 rings (SSSR count). The minimum absolute atomic E-state index is 0.0734. The van der Waals surface area contributed by atoms with Crippen molar-refractivity contribution in [3.8, 4) is 0 Å². The van der Waals surface area contributed by atoms with Gasteiger partial charge in [0.05, 0.1) is 5.39 Å². The number of thioether (sulfide) groups is 1. The Kier molecular flexibility index (Phi) is 4.32. The lowest BCUT2D eigenvalue weighted by Gasteiger charge is -2.09. The summed E-state index contributed by atoms with van der Waals surface area (Å²) in [4.78, 5) is 8.93. The van der Waals surface area contributed by atoms with E-state index in [1.165, 1.54) is 11.3 Å². The summed E-state index contributed by atoms with van der Waals surface area (Å²) in [6.07, 6.45) is 0. The molecule has 5 nitrogen and oxygen atoms in total. The van der Waals surface area contributed by atoms with Gasteiger partial charge in [0.15, 0.2) is 0 Å². The number of anilines is 2. The van der Waals surface area contributed by atoms with Gasteiger partial charge >= 0.3 is 5.51 Å². The number of thiophene rings is 1. The molecule has 19 heavy (non-hydrogen) atoms. The van der Waals surface area contributed by atoms with Crippen LogP contribution in [0, 0.1) is 0 Å². The van der Waals surface area contributed by atoms with Crippen molar-refractivity contribution in [1.29, 1.82) is 0 Å². The first-order chi connectivity index (χ1) is 8.99. The number of fused-ring (bicyclic) bond motifs is 1. The van der Waals surface area contributed by atoms with Gasteiger partial charge in [-0.1, -0.05) is 0 Å². The average molecular weight is 309 g/mol. The van der Waals surface area contributed by atoms with Gasteiger partial charge in [0, 0.05) is 12.3 Å². The Labute approximate surface area is 114 Å². The summed E-state index contributed by atoms with van der Waals surface area (Å²) in [7, 11) is 0. The number of nitrogen functional groups attached to an aromatic ring is 1. The molecule has 0 spiro atoms. The molecule has 0 amide bonds. The molecule has 2 heterocycles. The topological polar surface area (TPSA) is 75.9 Å². The Morgan fingerprint density at radius 1 is 1.37 bits per heavy atom. The maximum absolute atomic E-state index is 12.0. The van der Waals surface area contributed by atoms with Crippen LogP contribution in [-0.4, -0.2) is 27.8 Å². The number of hydrazine groups is 1. The molecule has 0 aliphatic rings. The van der Waals surface area contributed by atoms with Gasteiger partial charge in [-0.05, 0) is 23.2 Å². The predicted molar refractivity (Wildman–Crippen MR) is 72.2 cm³/mol. The molecular weight excluding hydrogens is 299 g/mol. The number of hydrogen-bond donors (Lipinski definition) is 3. The summed E-state index contributed by atoms with van der Waals surface area (Å²) >= 11 is 1.33. The molecule has 0 radical (unpaired) electrons. The molecule has 2 aromatic rings. The molecule has 4 N–H and O–H groups in total. The maximum atomic E-state index is 12.0. The minimum Gasteiger partial charge on any atom is -0.369 e. The van der Waals surface area contributed by atoms with Crippen LogP contribution < -0.4 is 16.6 Å². The van der Waals surface area contributed by atoms with Gasteiger partial charge in [-0.25, -0.2) is 10.8 Å². The Morgan fingerprint density at radius 3 is 2.84 bits per heavy atom. The van der Waals surface area contributed by atoms with Gasteiger partial charge in [0.2, 0.25) is 5.95 Å². The number of hydrogen-bond acceptors (Lipinski definition) is 7. The van der Waals surface area contributed by atoms with Crippen molar-refractivity contribution >= 4 is 45.1 Å². The molecule has 2 aromatic heterocycles. The van der Waals surface area contributed by atoms with Crippen molar-refractivity contribution in [2.45, 2.75) is 5.51 Å². The summed E-state index contributed by atoms with van der Waals surface area (Å²) < 4.78 is 36.0. The zero-order valence-corrected chi connectivity index (χ0v) is 11.1. The smallest absolute Gasteiger partial charge is 0.369 e. The lowest BCUT2D eigenvalue weighted by Crippen LogP contribution is -2.14. The van der Waals surface area contributed by atoms with Gasteiger partial charge in [-0.3, -0.25) is 5.43 Å². The van der Waals surface area contributed by atoms with Crippen LogP contribution >= 0.6 is 23.1 Å². The van der Waals surface area contributed by atoms with Crippen molar-refractivity contribution in [1.82, 2.24) is 9.97 Å². The van der Waals surface area contributed by atoms with E-state index in [1.54, 1.807) is 6.07 Å². The third-order valence-corrected chi connectivity index (χ3v) is 3.66. The zero-order valence-electron chi connectivity index (χ0n) is 9.49. The number of nitrogens with two attached hydrogens (primary N) is 1. The second kappa shape index (κ2) is 5.80. The first-order valence-electron chi connectivity index (χ1n) is 5.16. The Balaban J connectivity index is 2.05. The quantitative estimate of drug-likeness (QED) is 0.448. The highest BCUT2D eigenvalue weighted by Crippen LogP contribution is 2.30. The molecule has 104 valence electrons. The number of alkyl halides is 3. The van der Waals surface area contributed by atoms with Gasteiger partial charge in [-0.2, -0.15) is 18.2 Å². The Morgan fingerprint density at radius 2 is 2.16 bits per heavy atom. The standard InChI is InChI=1S/C9H10F3N5S2/c10-9(11,12)19-4-2-14-6-5-1-3-18-7(5)16-8(15-6)17-13/h1,3H,2,4,13H2,(H2,14,15,16,17). The van der Waals surface area contributed by atoms with E-state index in [-0.39, 0.29) is 30.0 Å². The van der Waals surface area contributed by atoms with Crippen LogP contribution in [0.25, 0.3) is 10.2 Å². The van der Waals surface area contributed by atoms with Gasteiger partial charge < -0.3 is 5.32 Å². The second-order valence-electron chi connectivity index (χ2n) is 3.40. The van der Waals surface area contributed by atoms with Crippen LogP contribution in [-0.2, 0) is 0 Å². The van der Waals surface area contributed by atoms with Crippen molar-refractivity contribution in [3.63, 3.8) is 0 Å². The van der Waals surface area contributed by atoms with Crippen LogP contribution in [0.3, 0.4) is 0 Å². The van der Waals surface area contributed by atoms with Crippen LogP contribution in [0.15, 0.2) is 11.4 Å². The normalized spacial score (nSPS) is 11.8.